The lowest BCUT2D eigenvalue weighted by Crippen LogP contribution is -2.53. The fourth-order valence-corrected chi connectivity index (χ4v) is 3.10. The molecule has 0 atom stereocenters. The summed E-state index contributed by atoms with van der Waals surface area (Å²) in [7, 11) is 1.86. The van der Waals surface area contributed by atoms with Crippen LogP contribution in [0.2, 0.25) is 0 Å². The second-order valence-corrected chi connectivity index (χ2v) is 6.38. The van der Waals surface area contributed by atoms with Gasteiger partial charge in [-0.2, -0.15) is 5.10 Å². The number of nitrogens with one attached hydrogen (secondary N) is 2. The molecule has 1 aliphatic rings. The largest absolute Gasteiger partial charge is 0.367 e. The number of carbonyl (C=O) groups excluding carboxylic acids is 1. The lowest BCUT2D eigenvalue weighted by Gasteiger charge is -2.36. The molecule has 28 heavy (non-hydrogen) atoms. The number of hydrogen-bond donors (Lipinski definition) is 2. The van der Waals surface area contributed by atoms with Gasteiger partial charge >= 0.3 is 0 Å². The van der Waals surface area contributed by atoms with Gasteiger partial charge in [-0.15, -0.1) is 24.0 Å². The molecule has 3 heterocycles. The molecule has 10 nitrogen and oxygen atoms in total. The lowest BCUT2D eigenvalue weighted by molar-refractivity contribution is -0.130. The molecule has 3 rings (SSSR count). The molecule has 0 aromatic carbocycles. The lowest BCUT2D eigenvalue weighted by atomic mass is 10.3. The van der Waals surface area contributed by atoms with Gasteiger partial charge in [0.25, 0.3) is 0 Å². The predicted octanol–water partition coefficient (Wildman–Crippen LogP) is 0.523. The number of halogens is 1. The Labute approximate surface area is 181 Å². The van der Waals surface area contributed by atoms with Gasteiger partial charge in [0, 0.05) is 53.2 Å². The summed E-state index contributed by atoms with van der Waals surface area (Å²) in [5, 5.41) is 11.8. The molecule has 11 heteroatoms. The number of aryl methyl sites for hydroxylation is 1. The zero-order valence-electron chi connectivity index (χ0n) is 16.6. The Morgan fingerprint density at radius 1 is 1.21 bits per heavy atom. The van der Waals surface area contributed by atoms with Gasteiger partial charge in [-0.1, -0.05) is 0 Å². The van der Waals surface area contributed by atoms with Crippen LogP contribution in [0.4, 0.5) is 5.82 Å². The minimum absolute atomic E-state index is 0. The van der Waals surface area contributed by atoms with Crippen LogP contribution >= 0.6 is 24.0 Å². The number of amides is 1. The Bertz CT molecular complexity index is 814. The summed E-state index contributed by atoms with van der Waals surface area (Å²) < 4.78 is 1.73. The second kappa shape index (κ2) is 10.4. The average molecular weight is 501 g/mol. The van der Waals surface area contributed by atoms with Crippen molar-refractivity contribution in [2.45, 2.75) is 13.8 Å². The van der Waals surface area contributed by atoms with E-state index in [9.17, 15) is 4.79 Å². The van der Waals surface area contributed by atoms with Crippen LogP contribution in [0.25, 0.3) is 11.0 Å². The topological polar surface area (TPSA) is 104 Å². The molecule has 2 aromatic rings. The van der Waals surface area contributed by atoms with Crippen LogP contribution in [0.15, 0.2) is 17.5 Å². The molecule has 2 N–H and O–H groups in total. The standard InChI is InChI=1S/C17H27N9O.HI/c1-4-18-17(26-9-7-25(8-10-26)13(2)27)20-6-5-19-15-14-11-23-24(3)16(14)22-12-21-15;/h11-12H,4-10H2,1-3H3,(H,18,20)(H,19,21,22);1H. The van der Waals surface area contributed by atoms with Crippen molar-refractivity contribution in [2.75, 3.05) is 51.1 Å². The van der Waals surface area contributed by atoms with Gasteiger partial charge in [0.15, 0.2) is 11.6 Å². The van der Waals surface area contributed by atoms with Crippen molar-refractivity contribution in [2.24, 2.45) is 12.0 Å². The third kappa shape index (κ3) is 5.20. The predicted molar refractivity (Wildman–Crippen MR) is 120 cm³/mol. The van der Waals surface area contributed by atoms with Crippen molar-refractivity contribution in [1.29, 1.82) is 0 Å². The zero-order valence-corrected chi connectivity index (χ0v) is 18.9. The van der Waals surface area contributed by atoms with Gasteiger partial charge in [0.05, 0.1) is 18.1 Å². The third-order valence-electron chi connectivity index (χ3n) is 4.55. The van der Waals surface area contributed by atoms with E-state index in [0.717, 1.165) is 55.5 Å². The maximum atomic E-state index is 11.5. The van der Waals surface area contributed by atoms with E-state index in [0.29, 0.717) is 13.1 Å². The van der Waals surface area contributed by atoms with E-state index in [1.54, 1.807) is 17.8 Å². The molecule has 154 valence electrons. The van der Waals surface area contributed by atoms with E-state index in [1.807, 2.05) is 11.9 Å². The number of fused-ring (bicyclic) bond motifs is 1. The monoisotopic (exact) mass is 501 g/mol. The molecule has 0 aliphatic carbocycles. The number of aromatic nitrogens is 4. The van der Waals surface area contributed by atoms with Gasteiger partial charge in [-0.25, -0.2) is 9.97 Å². The second-order valence-electron chi connectivity index (χ2n) is 6.38. The first-order valence-corrected chi connectivity index (χ1v) is 9.25. The molecule has 1 saturated heterocycles. The molecule has 1 amide bonds. The van der Waals surface area contributed by atoms with Crippen molar-refractivity contribution >= 4 is 52.7 Å². The molecule has 0 unspecified atom stereocenters. The molecule has 1 aliphatic heterocycles. The van der Waals surface area contributed by atoms with Crippen LogP contribution in [-0.4, -0.2) is 87.2 Å². The molecule has 0 saturated carbocycles. The summed E-state index contributed by atoms with van der Waals surface area (Å²) in [6.45, 7) is 8.80. The first kappa shape index (κ1) is 22.1. The highest BCUT2D eigenvalue weighted by molar-refractivity contribution is 14.0. The minimum Gasteiger partial charge on any atom is -0.367 e. The number of aliphatic imine (C=N–C) groups is 1. The third-order valence-corrected chi connectivity index (χ3v) is 4.55. The molecule has 0 spiro atoms. The number of piperazine rings is 1. The van der Waals surface area contributed by atoms with Crippen molar-refractivity contribution in [1.82, 2.24) is 34.9 Å². The van der Waals surface area contributed by atoms with Crippen molar-refractivity contribution in [3.05, 3.63) is 12.5 Å². The number of hydrogen-bond acceptors (Lipinski definition) is 6. The summed E-state index contributed by atoms with van der Waals surface area (Å²) in [6, 6.07) is 0. The Kier molecular flexibility index (Phi) is 8.20. The van der Waals surface area contributed by atoms with E-state index < -0.39 is 0 Å². The summed E-state index contributed by atoms with van der Waals surface area (Å²) in [5.74, 6) is 1.78. The highest BCUT2D eigenvalue weighted by Gasteiger charge is 2.20. The molecule has 2 aromatic heterocycles. The van der Waals surface area contributed by atoms with E-state index in [-0.39, 0.29) is 29.9 Å². The van der Waals surface area contributed by atoms with Gasteiger partial charge in [-0.05, 0) is 6.92 Å². The van der Waals surface area contributed by atoms with Crippen LogP contribution in [0.1, 0.15) is 13.8 Å². The van der Waals surface area contributed by atoms with Crippen molar-refractivity contribution in [3.8, 4) is 0 Å². The Morgan fingerprint density at radius 2 is 1.93 bits per heavy atom. The average Bonchev–Trinajstić information content (AvgIpc) is 3.06. The SMILES string of the molecule is CCNC(=NCCNc1ncnc2c1cnn2C)N1CCN(C(C)=O)CC1.I. The van der Waals surface area contributed by atoms with Gasteiger partial charge in [-0.3, -0.25) is 14.5 Å². The number of carbonyl (C=O) groups is 1. The molecule has 0 radical (unpaired) electrons. The Morgan fingerprint density at radius 3 is 2.61 bits per heavy atom. The van der Waals surface area contributed by atoms with Crippen molar-refractivity contribution < 1.29 is 4.79 Å². The number of rotatable bonds is 5. The fourth-order valence-electron chi connectivity index (χ4n) is 3.10. The molecular weight excluding hydrogens is 473 g/mol. The van der Waals surface area contributed by atoms with E-state index in [4.69, 9.17) is 4.99 Å². The van der Waals surface area contributed by atoms with Gasteiger partial charge < -0.3 is 20.4 Å². The maximum absolute atomic E-state index is 11.5. The maximum Gasteiger partial charge on any atom is 0.219 e. The number of anilines is 1. The number of nitrogens with zero attached hydrogens (tertiary/aromatic N) is 7. The Balaban J connectivity index is 0.00000280. The molecule has 1 fully saturated rings. The quantitative estimate of drug-likeness (QED) is 0.267. The van der Waals surface area contributed by atoms with Crippen LogP contribution < -0.4 is 10.6 Å². The summed E-state index contributed by atoms with van der Waals surface area (Å²) in [5.41, 5.74) is 0.799. The Hall–Kier alpha value is -2.18. The van der Waals surface area contributed by atoms with Crippen molar-refractivity contribution in [3.63, 3.8) is 0 Å². The minimum atomic E-state index is 0. The summed E-state index contributed by atoms with van der Waals surface area (Å²) in [4.78, 5) is 28.8. The van der Waals surface area contributed by atoms with E-state index in [2.05, 4.69) is 37.5 Å². The summed E-state index contributed by atoms with van der Waals surface area (Å²) >= 11 is 0. The zero-order chi connectivity index (χ0) is 19.2. The van der Waals surface area contributed by atoms with E-state index >= 15 is 0 Å². The van der Waals surface area contributed by atoms with Crippen LogP contribution in [0, 0.1) is 0 Å². The highest BCUT2D eigenvalue weighted by atomic mass is 127. The fraction of sp³-hybridized carbons (Fsp3) is 0.588. The van der Waals surface area contributed by atoms with Crippen LogP contribution in [-0.2, 0) is 11.8 Å². The van der Waals surface area contributed by atoms with Gasteiger partial charge in [0.1, 0.15) is 12.1 Å². The first-order chi connectivity index (χ1) is 13.1. The highest BCUT2D eigenvalue weighted by Crippen LogP contribution is 2.17. The normalized spacial score (nSPS) is 14.8. The first-order valence-electron chi connectivity index (χ1n) is 9.25. The van der Waals surface area contributed by atoms with E-state index in [1.165, 1.54) is 6.33 Å². The number of guanidine groups is 1. The smallest absolute Gasteiger partial charge is 0.219 e. The summed E-state index contributed by atoms with van der Waals surface area (Å²) in [6.07, 6.45) is 3.30. The molecular formula is C17H28IN9O. The van der Waals surface area contributed by atoms with Crippen LogP contribution in [0.5, 0.6) is 0 Å². The van der Waals surface area contributed by atoms with Gasteiger partial charge in [0.2, 0.25) is 5.91 Å². The molecule has 0 bridgehead atoms. The van der Waals surface area contributed by atoms with Crippen LogP contribution in [0.3, 0.4) is 0 Å².